The molecule has 3 fully saturated rings. The zero-order valence-corrected chi connectivity index (χ0v) is 21.9. The second kappa shape index (κ2) is 13.7. The fourth-order valence-electron chi connectivity index (χ4n) is 5.99. The van der Waals surface area contributed by atoms with Crippen LogP contribution in [0.15, 0.2) is 0 Å². The van der Waals surface area contributed by atoms with Gasteiger partial charge in [-0.05, 0) is 76.8 Å². The van der Waals surface area contributed by atoms with Crippen molar-refractivity contribution in [2.75, 3.05) is 0 Å². The van der Waals surface area contributed by atoms with E-state index in [-0.39, 0.29) is 23.9 Å². The number of halogens is 2. The third-order valence-corrected chi connectivity index (χ3v) is 14.1. The van der Waals surface area contributed by atoms with Crippen molar-refractivity contribution in [3.05, 3.63) is 0 Å². The van der Waals surface area contributed by atoms with Crippen LogP contribution < -0.4 is 0 Å². The van der Waals surface area contributed by atoms with Crippen molar-refractivity contribution in [3.8, 4) is 0 Å². The molecule has 25 heavy (non-hydrogen) atoms. The molecular weight excluding hydrogens is 498 g/mol. The molecule has 0 N–H and O–H groups in total. The summed E-state index contributed by atoms with van der Waals surface area (Å²) in [6.45, 7) is 2.73. The molecule has 6 heteroatoms. The third-order valence-electron chi connectivity index (χ3n) is 7.10. The second-order valence-corrected chi connectivity index (χ2v) is 16.4. The van der Waals surface area contributed by atoms with Crippen molar-refractivity contribution < 1.29 is 15.9 Å². The number of rotatable bonds is 5. The summed E-state index contributed by atoms with van der Waals surface area (Å²) in [6, 6.07) is 0. The van der Waals surface area contributed by atoms with Gasteiger partial charge in [-0.2, -0.15) is 0 Å². The summed E-state index contributed by atoms with van der Waals surface area (Å²) in [7, 11) is 13.7. The molecule has 152 valence electrons. The van der Waals surface area contributed by atoms with Gasteiger partial charge in [-0.25, -0.2) is 0 Å². The van der Waals surface area contributed by atoms with Crippen molar-refractivity contribution in [1.82, 2.24) is 0 Å². The van der Waals surface area contributed by atoms with E-state index in [1.165, 1.54) is 30.6 Å². The molecule has 3 aliphatic carbocycles. The van der Waals surface area contributed by atoms with Crippen LogP contribution >= 0.6 is 44.2 Å². The van der Waals surface area contributed by atoms with Gasteiger partial charge >= 0.3 is 35.0 Å². The summed E-state index contributed by atoms with van der Waals surface area (Å²) in [4.78, 5) is 0. The van der Waals surface area contributed by atoms with Crippen LogP contribution in [0.4, 0.5) is 0 Å². The van der Waals surface area contributed by atoms with Crippen LogP contribution in [0.2, 0.25) is 0 Å². The second-order valence-electron chi connectivity index (χ2n) is 8.37. The molecule has 3 rings (SSSR count). The predicted octanol–water partition coefficient (Wildman–Crippen LogP) is 8.27. The van der Waals surface area contributed by atoms with Crippen molar-refractivity contribution >= 4 is 44.2 Å². The molecule has 0 bridgehead atoms. The first-order valence-electron chi connectivity index (χ1n) is 10.4. The Morgan fingerprint density at radius 1 is 0.840 bits per heavy atom. The van der Waals surface area contributed by atoms with Crippen LogP contribution in [0.3, 0.4) is 0 Å². The number of hydrogen-bond donors (Lipinski definition) is 0. The Morgan fingerprint density at radius 3 is 1.76 bits per heavy atom. The van der Waals surface area contributed by atoms with E-state index < -0.39 is 0 Å². The Hall–Kier alpha value is 2.53. The molecule has 5 atom stereocenters. The van der Waals surface area contributed by atoms with Gasteiger partial charge < -0.3 is 0 Å². The average Bonchev–Trinajstić information content (AvgIpc) is 3.13. The molecule has 0 amide bonds. The quantitative estimate of drug-likeness (QED) is 0.245. The molecule has 0 aliphatic heterocycles. The Morgan fingerprint density at radius 2 is 1.32 bits per heavy atom. The Kier molecular flexibility index (Phi) is 13.0. The van der Waals surface area contributed by atoms with Crippen LogP contribution in [0, 0.1) is 5.92 Å². The average molecular weight is 537 g/mol. The van der Waals surface area contributed by atoms with Gasteiger partial charge in [-0.15, -0.1) is 8.93 Å². The minimum absolute atomic E-state index is 0.106. The summed E-state index contributed by atoms with van der Waals surface area (Å²) in [5, 5.41) is 0. The van der Waals surface area contributed by atoms with E-state index in [2.05, 4.69) is 15.9 Å². The van der Waals surface area contributed by atoms with Crippen LogP contribution in [0.1, 0.15) is 90.4 Å². The minimum atomic E-state index is -0.154. The molecule has 0 aromatic carbocycles. The molecule has 4 unspecified atom stereocenters. The number of hydrogen-bond acceptors (Lipinski definition) is 0. The van der Waals surface area contributed by atoms with E-state index in [0.717, 1.165) is 25.5 Å². The van der Waals surface area contributed by atoms with Crippen LogP contribution in [0.5, 0.6) is 0 Å². The fraction of sp³-hybridized carbons (Fsp3) is 1.00. The zero-order valence-electron chi connectivity index (χ0n) is 15.7. The summed E-state index contributed by atoms with van der Waals surface area (Å²) in [5.74, 6) is 1.11. The van der Waals surface area contributed by atoms with Crippen LogP contribution in [0.25, 0.3) is 0 Å². The SMILES string of the molecule is C[C@H](C1CCCC1PP)[PH+](C1CCCCC1)C1CCCCC1.[Cl][Pd][Cl]. The van der Waals surface area contributed by atoms with E-state index in [1.54, 1.807) is 64.2 Å². The normalized spacial score (nSPS) is 30.8. The molecule has 0 radical (unpaired) electrons. The van der Waals surface area contributed by atoms with Gasteiger partial charge in [-0.1, -0.05) is 27.5 Å². The Balaban J connectivity index is 0.000000701. The summed E-state index contributed by atoms with van der Waals surface area (Å²) in [6.07, 6.45) is 20.4. The monoisotopic (exact) mass is 535 g/mol. The summed E-state index contributed by atoms with van der Waals surface area (Å²) < 4.78 is 0. The standard InChI is InChI=1S/C19H37P3.2ClH.Pd/c1-15(18-13-8-14-19(18)21-20)22(16-9-4-2-5-10-16)17-11-6-3-7-12-17;;;/h15-19,21H,2-14,20H2,1H3;2*1H;/q;;;+2/p-1/t15-,18?,19?;;;/m1.../s1. The van der Waals surface area contributed by atoms with Crippen molar-refractivity contribution in [1.29, 1.82) is 0 Å². The van der Waals surface area contributed by atoms with E-state index in [1.807, 2.05) is 0 Å². The maximum absolute atomic E-state index is 4.81. The molecule has 0 saturated heterocycles. The van der Waals surface area contributed by atoms with E-state index in [9.17, 15) is 0 Å². The molecule has 0 nitrogen and oxygen atoms in total. The molecular formula is C19H38Cl2P3Pd+. The van der Waals surface area contributed by atoms with E-state index >= 15 is 0 Å². The van der Waals surface area contributed by atoms with Gasteiger partial charge in [-0.3, -0.25) is 0 Å². The van der Waals surface area contributed by atoms with Gasteiger partial charge in [0, 0.05) is 13.8 Å². The Bertz CT molecular complexity index is 332. The van der Waals surface area contributed by atoms with E-state index in [0.29, 0.717) is 0 Å². The fourth-order valence-corrected chi connectivity index (χ4v) is 13.7. The van der Waals surface area contributed by atoms with Gasteiger partial charge in [0.15, 0.2) is 0 Å². The van der Waals surface area contributed by atoms with Gasteiger partial charge in [0.1, 0.15) is 0 Å². The molecule has 3 saturated carbocycles. The molecule has 0 heterocycles. The third kappa shape index (κ3) is 7.37. The van der Waals surface area contributed by atoms with Crippen LogP contribution in [-0.4, -0.2) is 22.6 Å². The first-order valence-corrected chi connectivity index (χ1v) is 19.0. The molecule has 0 aromatic rings. The molecule has 0 aromatic heterocycles. The van der Waals surface area contributed by atoms with Crippen LogP contribution in [-0.2, 0) is 15.9 Å². The first kappa shape index (κ1) is 23.8. The zero-order chi connectivity index (χ0) is 18.1. The van der Waals surface area contributed by atoms with Crippen molar-refractivity contribution in [3.63, 3.8) is 0 Å². The first-order chi connectivity index (χ1) is 12.2. The molecule has 3 aliphatic rings. The predicted molar refractivity (Wildman–Crippen MR) is 122 cm³/mol. The Labute approximate surface area is 178 Å². The van der Waals surface area contributed by atoms with Crippen molar-refractivity contribution in [2.45, 2.75) is 113 Å². The topological polar surface area (TPSA) is 0 Å². The van der Waals surface area contributed by atoms with Gasteiger partial charge in [0.2, 0.25) is 0 Å². The van der Waals surface area contributed by atoms with Gasteiger partial charge in [0.25, 0.3) is 0 Å². The van der Waals surface area contributed by atoms with Crippen molar-refractivity contribution in [2.24, 2.45) is 5.92 Å². The molecule has 0 spiro atoms. The summed E-state index contributed by atoms with van der Waals surface area (Å²) >= 11 is -0.106. The maximum atomic E-state index is 4.81. The van der Waals surface area contributed by atoms with Gasteiger partial charge in [0.05, 0.1) is 17.0 Å². The van der Waals surface area contributed by atoms with E-state index in [4.69, 9.17) is 19.1 Å². The summed E-state index contributed by atoms with van der Waals surface area (Å²) in [5.41, 5.74) is 4.56.